The van der Waals surface area contributed by atoms with Gasteiger partial charge in [0.1, 0.15) is 11.6 Å². The Morgan fingerprint density at radius 3 is 2.76 bits per heavy atom. The third-order valence-electron chi connectivity index (χ3n) is 4.36. The molecule has 4 rings (SSSR count). The van der Waals surface area contributed by atoms with Gasteiger partial charge < -0.3 is 10.6 Å². The number of nitrogens with zero attached hydrogens (tertiary/aromatic N) is 5. The van der Waals surface area contributed by atoms with Crippen molar-refractivity contribution >= 4 is 33.3 Å². The van der Waals surface area contributed by atoms with Gasteiger partial charge in [-0.15, -0.1) is 11.3 Å². The van der Waals surface area contributed by atoms with E-state index < -0.39 is 0 Å². The van der Waals surface area contributed by atoms with E-state index in [0.29, 0.717) is 36.1 Å². The van der Waals surface area contributed by atoms with Gasteiger partial charge in [0, 0.05) is 30.4 Å². The standard InChI is InChI=1S/C20H21N7OS/c1-12-8-13(2)27(26-12)19-10-18(24-14(3)25-19)21-6-7-22-20(28)15-4-5-16-17(9-15)29-11-23-16/h4-5,8-11H,6-7H2,1-3H3,(H,22,28)(H,21,24,25). The van der Waals surface area contributed by atoms with Crippen LogP contribution in [0.3, 0.4) is 0 Å². The molecule has 0 aliphatic heterocycles. The van der Waals surface area contributed by atoms with Crippen LogP contribution in [-0.2, 0) is 0 Å². The molecular weight excluding hydrogens is 386 g/mol. The van der Waals surface area contributed by atoms with Crippen molar-refractivity contribution in [1.29, 1.82) is 0 Å². The topological polar surface area (TPSA) is 97.6 Å². The molecule has 1 aromatic carbocycles. The maximum atomic E-state index is 12.4. The molecule has 0 spiro atoms. The number of amides is 1. The molecule has 148 valence electrons. The minimum Gasteiger partial charge on any atom is -0.368 e. The van der Waals surface area contributed by atoms with Gasteiger partial charge in [0.2, 0.25) is 0 Å². The molecule has 2 N–H and O–H groups in total. The van der Waals surface area contributed by atoms with Crippen LogP contribution >= 0.6 is 11.3 Å². The molecule has 29 heavy (non-hydrogen) atoms. The second kappa shape index (κ2) is 7.96. The number of aryl methyl sites for hydroxylation is 3. The maximum absolute atomic E-state index is 12.4. The molecule has 1 amide bonds. The lowest BCUT2D eigenvalue weighted by atomic mass is 10.2. The number of fused-ring (bicyclic) bond motifs is 1. The molecule has 0 bridgehead atoms. The van der Waals surface area contributed by atoms with Crippen molar-refractivity contribution in [3.8, 4) is 5.82 Å². The lowest BCUT2D eigenvalue weighted by Gasteiger charge is -2.10. The van der Waals surface area contributed by atoms with Gasteiger partial charge in [-0.2, -0.15) is 5.10 Å². The number of carbonyl (C=O) groups excluding carboxylic acids is 1. The Balaban J connectivity index is 1.36. The molecule has 9 heteroatoms. The normalized spacial score (nSPS) is 11.0. The van der Waals surface area contributed by atoms with Crippen LogP contribution < -0.4 is 10.6 Å². The quantitative estimate of drug-likeness (QED) is 0.477. The summed E-state index contributed by atoms with van der Waals surface area (Å²) in [5.41, 5.74) is 5.27. The summed E-state index contributed by atoms with van der Waals surface area (Å²) < 4.78 is 2.80. The van der Waals surface area contributed by atoms with E-state index in [2.05, 4.69) is 30.7 Å². The second-order valence-electron chi connectivity index (χ2n) is 6.72. The number of rotatable bonds is 6. The van der Waals surface area contributed by atoms with E-state index in [-0.39, 0.29) is 5.91 Å². The van der Waals surface area contributed by atoms with Gasteiger partial charge in [-0.3, -0.25) is 4.79 Å². The summed E-state index contributed by atoms with van der Waals surface area (Å²) in [4.78, 5) is 25.5. The summed E-state index contributed by atoms with van der Waals surface area (Å²) in [5, 5.41) is 10.6. The molecule has 0 saturated heterocycles. The number of carbonyl (C=O) groups is 1. The third-order valence-corrected chi connectivity index (χ3v) is 5.15. The smallest absolute Gasteiger partial charge is 0.251 e. The first-order chi connectivity index (χ1) is 14.0. The monoisotopic (exact) mass is 407 g/mol. The maximum Gasteiger partial charge on any atom is 0.251 e. The fraction of sp³-hybridized carbons (Fsp3) is 0.250. The first-order valence-corrected chi connectivity index (χ1v) is 10.1. The van der Waals surface area contributed by atoms with Crippen LogP contribution in [0.5, 0.6) is 0 Å². The highest BCUT2D eigenvalue weighted by molar-refractivity contribution is 7.16. The number of aromatic nitrogens is 5. The zero-order valence-electron chi connectivity index (χ0n) is 16.4. The highest BCUT2D eigenvalue weighted by Gasteiger charge is 2.09. The van der Waals surface area contributed by atoms with Gasteiger partial charge in [0.25, 0.3) is 5.91 Å². The first-order valence-electron chi connectivity index (χ1n) is 9.24. The van der Waals surface area contributed by atoms with Crippen molar-refractivity contribution in [3.63, 3.8) is 0 Å². The van der Waals surface area contributed by atoms with Crippen molar-refractivity contribution in [3.05, 3.63) is 58.6 Å². The van der Waals surface area contributed by atoms with E-state index >= 15 is 0 Å². The molecule has 0 unspecified atom stereocenters. The van der Waals surface area contributed by atoms with Gasteiger partial charge in [0.15, 0.2) is 5.82 Å². The summed E-state index contributed by atoms with van der Waals surface area (Å²) in [5.74, 6) is 1.96. The Labute approximate surface area is 172 Å². The van der Waals surface area contributed by atoms with Crippen molar-refractivity contribution in [2.45, 2.75) is 20.8 Å². The molecule has 0 aliphatic rings. The van der Waals surface area contributed by atoms with Gasteiger partial charge in [-0.1, -0.05) is 0 Å². The second-order valence-corrected chi connectivity index (χ2v) is 7.60. The highest BCUT2D eigenvalue weighted by atomic mass is 32.1. The van der Waals surface area contributed by atoms with Crippen LogP contribution in [0.15, 0.2) is 35.8 Å². The number of benzene rings is 1. The van der Waals surface area contributed by atoms with Crippen molar-refractivity contribution in [2.24, 2.45) is 0 Å². The van der Waals surface area contributed by atoms with E-state index in [1.165, 1.54) is 11.3 Å². The Bertz CT molecular complexity index is 1180. The number of hydrogen-bond acceptors (Lipinski definition) is 7. The predicted octanol–water partition coefficient (Wildman–Crippen LogP) is 3.04. The zero-order valence-corrected chi connectivity index (χ0v) is 17.2. The zero-order chi connectivity index (χ0) is 20.4. The first kappa shape index (κ1) is 19.0. The molecular formula is C20H21N7OS. The molecule has 4 aromatic rings. The van der Waals surface area contributed by atoms with Gasteiger partial charge in [-0.25, -0.2) is 19.6 Å². The van der Waals surface area contributed by atoms with E-state index in [4.69, 9.17) is 0 Å². The number of nitrogens with one attached hydrogen (secondary N) is 2. The molecule has 0 fully saturated rings. The van der Waals surface area contributed by atoms with Crippen molar-refractivity contribution in [2.75, 3.05) is 18.4 Å². The summed E-state index contributed by atoms with van der Waals surface area (Å²) >= 11 is 1.52. The Hall–Kier alpha value is -3.33. The summed E-state index contributed by atoms with van der Waals surface area (Å²) in [6.07, 6.45) is 0. The van der Waals surface area contributed by atoms with Crippen LogP contribution in [0.2, 0.25) is 0 Å². The number of hydrogen-bond donors (Lipinski definition) is 2. The molecule has 3 aromatic heterocycles. The molecule has 0 aliphatic carbocycles. The van der Waals surface area contributed by atoms with Crippen LogP contribution in [0, 0.1) is 20.8 Å². The van der Waals surface area contributed by atoms with Gasteiger partial charge in [0.05, 0.1) is 21.4 Å². The van der Waals surface area contributed by atoms with Crippen molar-refractivity contribution in [1.82, 2.24) is 30.0 Å². The van der Waals surface area contributed by atoms with Gasteiger partial charge >= 0.3 is 0 Å². The fourth-order valence-electron chi connectivity index (χ4n) is 3.08. The largest absolute Gasteiger partial charge is 0.368 e. The Morgan fingerprint density at radius 1 is 1.10 bits per heavy atom. The molecule has 0 atom stereocenters. The minimum absolute atomic E-state index is 0.107. The number of thiazole rings is 1. The molecule has 8 nitrogen and oxygen atoms in total. The molecule has 0 radical (unpaired) electrons. The van der Waals surface area contributed by atoms with Crippen LogP contribution in [0.25, 0.3) is 16.0 Å². The van der Waals surface area contributed by atoms with E-state index in [1.54, 1.807) is 16.3 Å². The predicted molar refractivity (Wildman–Crippen MR) is 114 cm³/mol. The van der Waals surface area contributed by atoms with Gasteiger partial charge in [-0.05, 0) is 45.0 Å². The third kappa shape index (κ3) is 4.24. The Kier molecular flexibility index (Phi) is 5.22. The summed E-state index contributed by atoms with van der Waals surface area (Å²) in [6.45, 7) is 6.80. The lowest BCUT2D eigenvalue weighted by Crippen LogP contribution is -2.29. The molecule has 3 heterocycles. The van der Waals surface area contributed by atoms with Crippen LogP contribution in [0.4, 0.5) is 5.82 Å². The average molecular weight is 408 g/mol. The van der Waals surface area contributed by atoms with E-state index in [0.717, 1.165) is 21.6 Å². The SMILES string of the molecule is Cc1cc(C)n(-c2cc(NCCNC(=O)c3ccc4ncsc4c3)nc(C)n2)n1. The lowest BCUT2D eigenvalue weighted by molar-refractivity contribution is 0.0955. The van der Waals surface area contributed by atoms with E-state index in [1.807, 2.05) is 45.0 Å². The summed E-state index contributed by atoms with van der Waals surface area (Å²) in [7, 11) is 0. The average Bonchev–Trinajstić information content (AvgIpc) is 3.29. The van der Waals surface area contributed by atoms with E-state index in [9.17, 15) is 4.79 Å². The fourth-order valence-corrected chi connectivity index (χ4v) is 3.79. The van der Waals surface area contributed by atoms with Crippen LogP contribution in [0.1, 0.15) is 27.6 Å². The summed E-state index contributed by atoms with van der Waals surface area (Å²) in [6, 6.07) is 9.38. The number of anilines is 1. The highest BCUT2D eigenvalue weighted by Crippen LogP contribution is 2.19. The van der Waals surface area contributed by atoms with Crippen LogP contribution in [-0.4, -0.2) is 43.7 Å². The Morgan fingerprint density at radius 2 is 1.97 bits per heavy atom. The molecule has 0 saturated carbocycles. The minimum atomic E-state index is -0.107. The van der Waals surface area contributed by atoms with Crippen molar-refractivity contribution < 1.29 is 4.79 Å².